The number of pyridine rings is 1. The van der Waals surface area contributed by atoms with Gasteiger partial charge in [0.2, 0.25) is 0 Å². The third kappa shape index (κ3) is 3.45. The molecule has 1 heterocycles. The molecule has 1 unspecified atom stereocenters. The molecule has 0 aliphatic heterocycles. The zero-order valence-corrected chi connectivity index (χ0v) is 10.9. The SMILES string of the molecule is COCC(Nc1ccnc(Cl)c1)c1ccccc1. The maximum absolute atomic E-state index is 5.87. The zero-order valence-electron chi connectivity index (χ0n) is 10.1. The number of aromatic nitrogens is 1. The van der Waals surface area contributed by atoms with Gasteiger partial charge in [0.1, 0.15) is 5.15 Å². The van der Waals surface area contributed by atoms with Crippen molar-refractivity contribution in [2.24, 2.45) is 0 Å². The Labute approximate surface area is 112 Å². The van der Waals surface area contributed by atoms with Crippen LogP contribution in [0.2, 0.25) is 5.15 Å². The molecule has 2 aromatic rings. The van der Waals surface area contributed by atoms with Crippen LogP contribution in [-0.4, -0.2) is 18.7 Å². The van der Waals surface area contributed by atoms with Gasteiger partial charge < -0.3 is 10.1 Å². The largest absolute Gasteiger partial charge is 0.382 e. The highest BCUT2D eigenvalue weighted by Gasteiger charge is 2.10. The molecule has 0 radical (unpaired) electrons. The van der Waals surface area contributed by atoms with E-state index in [1.54, 1.807) is 19.4 Å². The molecule has 2 rings (SSSR count). The van der Waals surface area contributed by atoms with Gasteiger partial charge in [0.25, 0.3) is 0 Å². The molecule has 0 aliphatic rings. The van der Waals surface area contributed by atoms with Gasteiger partial charge in [-0.25, -0.2) is 4.98 Å². The number of methoxy groups -OCH3 is 1. The topological polar surface area (TPSA) is 34.1 Å². The zero-order chi connectivity index (χ0) is 12.8. The minimum atomic E-state index is 0.0923. The van der Waals surface area contributed by atoms with Crippen molar-refractivity contribution in [3.63, 3.8) is 0 Å². The lowest BCUT2D eigenvalue weighted by atomic mass is 10.1. The molecular formula is C14H15ClN2O. The van der Waals surface area contributed by atoms with Crippen LogP contribution in [-0.2, 0) is 4.74 Å². The van der Waals surface area contributed by atoms with E-state index in [0.717, 1.165) is 5.69 Å². The first kappa shape index (κ1) is 12.9. The van der Waals surface area contributed by atoms with Crippen LogP contribution < -0.4 is 5.32 Å². The molecule has 94 valence electrons. The second-order valence-corrected chi connectivity index (χ2v) is 4.32. The molecule has 1 N–H and O–H groups in total. The Kier molecular flexibility index (Phi) is 4.56. The molecule has 4 heteroatoms. The minimum Gasteiger partial charge on any atom is -0.382 e. The van der Waals surface area contributed by atoms with Crippen molar-refractivity contribution in [3.8, 4) is 0 Å². The Balaban J connectivity index is 2.16. The van der Waals surface area contributed by atoms with Crippen LogP contribution in [0.1, 0.15) is 11.6 Å². The second-order valence-electron chi connectivity index (χ2n) is 3.93. The summed E-state index contributed by atoms with van der Waals surface area (Å²) < 4.78 is 5.25. The summed E-state index contributed by atoms with van der Waals surface area (Å²) in [4.78, 5) is 3.96. The van der Waals surface area contributed by atoms with E-state index in [9.17, 15) is 0 Å². The number of ether oxygens (including phenoxy) is 1. The number of halogens is 1. The van der Waals surface area contributed by atoms with Gasteiger partial charge in [-0.05, 0) is 17.7 Å². The average molecular weight is 263 g/mol. The predicted octanol–water partition coefficient (Wildman–Crippen LogP) is 3.53. The molecule has 0 saturated carbocycles. The van der Waals surface area contributed by atoms with Crippen LogP contribution in [0.5, 0.6) is 0 Å². The summed E-state index contributed by atoms with van der Waals surface area (Å²) in [6.07, 6.45) is 1.68. The Bertz CT molecular complexity index is 490. The van der Waals surface area contributed by atoms with Gasteiger partial charge in [-0.1, -0.05) is 41.9 Å². The third-order valence-corrected chi connectivity index (χ3v) is 2.81. The molecule has 18 heavy (non-hydrogen) atoms. The monoisotopic (exact) mass is 262 g/mol. The summed E-state index contributed by atoms with van der Waals surface area (Å²) in [7, 11) is 1.69. The fraction of sp³-hybridized carbons (Fsp3) is 0.214. The van der Waals surface area contributed by atoms with Crippen molar-refractivity contribution in [1.29, 1.82) is 0 Å². The van der Waals surface area contributed by atoms with Crippen molar-refractivity contribution < 1.29 is 4.74 Å². The summed E-state index contributed by atoms with van der Waals surface area (Å²) in [5.41, 5.74) is 2.10. The van der Waals surface area contributed by atoms with E-state index in [4.69, 9.17) is 16.3 Å². The Morgan fingerprint density at radius 1 is 1.28 bits per heavy atom. The van der Waals surface area contributed by atoms with Gasteiger partial charge in [-0.15, -0.1) is 0 Å². The summed E-state index contributed by atoms with van der Waals surface area (Å²) >= 11 is 5.87. The first-order valence-electron chi connectivity index (χ1n) is 5.71. The Morgan fingerprint density at radius 3 is 2.72 bits per heavy atom. The van der Waals surface area contributed by atoms with Gasteiger partial charge in [0, 0.05) is 19.0 Å². The molecule has 0 fully saturated rings. The summed E-state index contributed by atoms with van der Waals surface area (Å²) in [5.74, 6) is 0. The normalized spacial score (nSPS) is 12.1. The number of hydrogen-bond donors (Lipinski definition) is 1. The van der Waals surface area contributed by atoms with E-state index in [1.807, 2.05) is 24.3 Å². The number of nitrogens with one attached hydrogen (secondary N) is 1. The van der Waals surface area contributed by atoms with Crippen LogP contribution in [0.4, 0.5) is 5.69 Å². The molecule has 1 aromatic carbocycles. The molecule has 1 atom stereocenters. The standard InChI is InChI=1S/C14H15ClN2O/c1-18-10-13(11-5-3-2-4-6-11)17-12-7-8-16-14(15)9-12/h2-9,13H,10H2,1H3,(H,16,17). The molecule has 0 spiro atoms. The van der Waals surface area contributed by atoms with Crippen LogP contribution in [0.3, 0.4) is 0 Å². The number of nitrogens with zero attached hydrogens (tertiary/aromatic N) is 1. The smallest absolute Gasteiger partial charge is 0.131 e. The highest BCUT2D eigenvalue weighted by atomic mass is 35.5. The first-order chi connectivity index (χ1) is 8.79. The molecule has 0 saturated heterocycles. The highest BCUT2D eigenvalue weighted by Crippen LogP contribution is 2.21. The molecule has 1 aromatic heterocycles. The van der Waals surface area contributed by atoms with Crippen LogP contribution in [0.15, 0.2) is 48.7 Å². The van der Waals surface area contributed by atoms with Crippen molar-refractivity contribution in [2.45, 2.75) is 6.04 Å². The number of benzene rings is 1. The quantitative estimate of drug-likeness (QED) is 0.837. The Morgan fingerprint density at radius 2 is 2.06 bits per heavy atom. The summed E-state index contributed by atoms with van der Waals surface area (Å²) in [6.45, 7) is 0.587. The Hall–Kier alpha value is -1.58. The number of anilines is 1. The van der Waals surface area contributed by atoms with E-state index < -0.39 is 0 Å². The van der Waals surface area contributed by atoms with E-state index in [0.29, 0.717) is 11.8 Å². The van der Waals surface area contributed by atoms with E-state index >= 15 is 0 Å². The van der Waals surface area contributed by atoms with Crippen LogP contribution in [0, 0.1) is 0 Å². The average Bonchev–Trinajstić information content (AvgIpc) is 2.39. The van der Waals surface area contributed by atoms with Gasteiger partial charge in [-0.2, -0.15) is 0 Å². The molecule has 0 bridgehead atoms. The predicted molar refractivity (Wildman–Crippen MR) is 73.9 cm³/mol. The minimum absolute atomic E-state index is 0.0923. The lowest BCUT2D eigenvalue weighted by Gasteiger charge is -2.19. The van der Waals surface area contributed by atoms with E-state index in [-0.39, 0.29) is 6.04 Å². The lowest BCUT2D eigenvalue weighted by Crippen LogP contribution is -2.16. The summed E-state index contributed by atoms with van der Waals surface area (Å²) in [5, 5.41) is 3.86. The highest BCUT2D eigenvalue weighted by molar-refractivity contribution is 6.29. The third-order valence-electron chi connectivity index (χ3n) is 2.60. The summed E-state index contributed by atoms with van der Waals surface area (Å²) in [6, 6.07) is 13.9. The fourth-order valence-electron chi connectivity index (χ4n) is 1.77. The molecule has 0 amide bonds. The van der Waals surface area contributed by atoms with Crippen LogP contribution in [0.25, 0.3) is 0 Å². The van der Waals surface area contributed by atoms with Gasteiger partial charge in [-0.3, -0.25) is 0 Å². The van der Waals surface area contributed by atoms with Crippen molar-refractivity contribution in [3.05, 3.63) is 59.4 Å². The van der Waals surface area contributed by atoms with Crippen molar-refractivity contribution in [2.75, 3.05) is 19.0 Å². The molecular weight excluding hydrogens is 248 g/mol. The van der Waals surface area contributed by atoms with E-state index in [2.05, 4.69) is 22.4 Å². The maximum Gasteiger partial charge on any atom is 0.131 e. The second kappa shape index (κ2) is 6.38. The van der Waals surface area contributed by atoms with Gasteiger partial charge in [0.15, 0.2) is 0 Å². The molecule has 0 aliphatic carbocycles. The fourth-order valence-corrected chi connectivity index (χ4v) is 1.94. The molecule has 3 nitrogen and oxygen atoms in total. The lowest BCUT2D eigenvalue weighted by molar-refractivity contribution is 0.186. The maximum atomic E-state index is 5.87. The number of hydrogen-bond acceptors (Lipinski definition) is 3. The van der Waals surface area contributed by atoms with Gasteiger partial charge in [0.05, 0.1) is 12.6 Å². The van der Waals surface area contributed by atoms with Crippen molar-refractivity contribution in [1.82, 2.24) is 4.98 Å². The number of rotatable bonds is 5. The van der Waals surface area contributed by atoms with E-state index in [1.165, 1.54) is 5.56 Å². The van der Waals surface area contributed by atoms with Crippen LogP contribution >= 0.6 is 11.6 Å². The van der Waals surface area contributed by atoms with Crippen molar-refractivity contribution >= 4 is 17.3 Å². The van der Waals surface area contributed by atoms with Gasteiger partial charge >= 0.3 is 0 Å². The first-order valence-corrected chi connectivity index (χ1v) is 6.09.